The van der Waals surface area contributed by atoms with Crippen LogP contribution in [0.25, 0.3) is 0 Å². The van der Waals surface area contributed by atoms with Gasteiger partial charge in [-0.3, -0.25) is 4.21 Å². The molecule has 134 valence electrons. The van der Waals surface area contributed by atoms with Gasteiger partial charge in [-0.25, -0.2) is 12.1 Å². The Morgan fingerprint density at radius 1 is 1.04 bits per heavy atom. The summed E-state index contributed by atoms with van der Waals surface area (Å²) in [5.41, 5.74) is 0. The Labute approximate surface area is 154 Å². The first-order valence-corrected chi connectivity index (χ1v) is 8.58. The SMILES string of the molecule is CCCCC(CCCC)CS(=O)[O-].[C-]#[O+].[C-]#[O+].[Fe].c1cc[cH-]c1. The molecule has 0 aromatic heterocycles. The zero-order valence-electron chi connectivity index (χ0n) is 13.8. The van der Waals surface area contributed by atoms with Gasteiger partial charge in [-0.2, -0.15) is 18.2 Å². The van der Waals surface area contributed by atoms with Crippen LogP contribution >= 0.6 is 0 Å². The minimum Gasteiger partial charge on any atom is -0.214 e. The summed E-state index contributed by atoms with van der Waals surface area (Å²) in [5.74, 6) is 0.762. The molecule has 23 heavy (non-hydrogen) atoms. The van der Waals surface area contributed by atoms with Crippen LogP contribution in [0.2, 0.25) is 0 Å². The number of unbranched alkanes of at least 4 members (excludes halogenated alkanes) is 2. The topological polar surface area (TPSA) is 79.9 Å². The van der Waals surface area contributed by atoms with Gasteiger partial charge in [-0.15, -0.1) is 0 Å². The molecule has 0 spiro atoms. The van der Waals surface area contributed by atoms with Gasteiger partial charge in [0.25, 0.3) is 0 Å². The van der Waals surface area contributed by atoms with E-state index in [4.69, 9.17) is 9.30 Å². The van der Waals surface area contributed by atoms with Crippen molar-refractivity contribution in [2.24, 2.45) is 5.92 Å². The van der Waals surface area contributed by atoms with Crippen LogP contribution in [0.4, 0.5) is 0 Å². The number of rotatable bonds is 8. The molecular formula is C17H26FeO4S-2. The Morgan fingerprint density at radius 2 is 1.43 bits per heavy atom. The minimum absolute atomic E-state index is 0. The Hall–Kier alpha value is -0.541. The first-order chi connectivity index (χ1) is 10.7. The van der Waals surface area contributed by atoms with E-state index < -0.39 is 11.1 Å². The van der Waals surface area contributed by atoms with Crippen molar-refractivity contribution in [3.05, 3.63) is 43.6 Å². The van der Waals surface area contributed by atoms with Crippen LogP contribution in [0.15, 0.2) is 30.3 Å². The molecule has 0 heterocycles. The van der Waals surface area contributed by atoms with Gasteiger partial charge in [0, 0.05) is 22.8 Å². The standard InChI is InChI=1S/C10H22O2S.C5H5.2CO.Fe/c1-3-5-7-10(8-6-4-2)9-13(11)12;1-2-4-5-3-1;2*1-2;/h10H,3-9H2,1-2H3,(H,11,12);1-5H;;;/q;-1;;;/p-1. The molecule has 0 fully saturated rings. The fraction of sp³-hybridized carbons (Fsp3) is 0.588. The molecule has 1 rings (SSSR count). The molecule has 0 aliphatic rings. The molecule has 4 nitrogen and oxygen atoms in total. The molecular weight excluding hydrogens is 356 g/mol. The molecule has 1 aromatic rings. The Morgan fingerprint density at radius 3 is 1.65 bits per heavy atom. The van der Waals surface area contributed by atoms with E-state index in [2.05, 4.69) is 27.1 Å². The maximum absolute atomic E-state index is 10.5. The van der Waals surface area contributed by atoms with Crippen molar-refractivity contribution in [3.8, 4) is 0 Å². The third-order valence-corrected chi connectivity index (χ3v) is 3.60. The first-order valence-electron chi connectivity index (χ1n) is 7.34. The third kappa shape index (κ3) is 30.0. The molecule has 0 amide bonds. The third-order valence-electron chi connectivity index (χ3n) is 2.86. The summed E-state index contributed by atoms with van der Waals surface area (Å²) in [5, 5.41) is 0. The monoisotopic (exact) mass is 382 g/mol. The van der Waals surface area contributed by atoms with Gasteiger partial charge in [-0.1, -0.05) is 50.6 Å². The molecule has 0 radical (unpaired) electrons. The predicted octanol–water partition coefficient (Wildman–Crippen LogP) is 4.19. The maximum Gasteiger partial charge on any atom is 0 e. The van der Waals surface area contributed by atoms with E-state index in [1.54, 1.807) is 0 Å². The van der Waals surface area contributed by atoms with E-state index in [-0.39, 0.29) is 17.1 Å². The Kier molecular flexibility index (Phi) is 38.9. The second-order valence-corrected chi connectivity index (χ2v) is 5.52. The van der Waals surface area contributed by atoms with Crippen molar-refractivity contribution in [2.75, 3.05) is 5.75 Å². The molecule has 0 N–H and O–H groups in total. The van der Waals surface area contributed by atoms with E-state index in [0.717, 1.165) is 38.5 Å². The quantitative estimate of drug-likeness (QED) is 0.292. The summed E-state index contributed by atoms with van der Waals surface area (Å²) in [4.78, 5) is 0. The second-order valence-electron chi connectivity index (χ2n) is 4.58. The van der Waals surface area contributed by atoms with Gasteiger partial charge < -0.3 is 4.55 Å². The molecule has 1 aromatic carbocycles. The second kappa shape index (κ2) is 29.5. The summed E-state index contributed by atoms with van der Waals surface area (Å²) in [7, 11) is 0. The normalized spacial score (nSPS) is 9.57. The van der Waals surface area contributed by atoms with Gasteiger partial charge in [0.15, 0.2) is 0 Å². The van der Waals surface area contributed by atoms with Crippen molar-refractivity contribution in [1.82, 2.24) is 0 Å². The van der Waals surface area contributed by atoms with Crippen LogP contribution in [0.3, 0.4) is 0 Å². The first kappa shape index (κ1) is 30.4. The van der Waals surface area contributed by atoms with Gasteiger partial charge >= 0.3 is 22.6 Å². The summed E-state index contributed by atoms with van der Waals surface area (Å²) in [6.07, 6.45) is 6.79. The smallest absolute Gasteiger partial charge is 0 e. The molecule has 0 aliphatic heterocycles. The number of hydrogen-bond donors (Lipinski definition) is 0. The predicted molar refractivity (Wildman–Crippen MR) is 86.2 cm³/mol. The molecule has 0 bridgehead atoms. The molecule has 0 aliphatic carbocycles. The van der Waals surface area contributed by atoms with Crippen LogP contribution in [-0.2, 0) is 37.5 Å². The average molecular weight is 382 g/mol. The van der Waals surface area contributed by atoms with Crippen LogP contribution in [-0.4, -0.2) is 14.5 Å². The van der Waals surface area contributed by atoms with Crippen LogP contribution in [0.5, 0.6) is 0 Å². The minimum atomic E-state index is -1.85. The molecule has 1 atom stereocenters. The van der Waals surface area contributed by atoms with Crippen molar-refractivity contribution in [2.45, 2.75) is 52.4 Å². The van der Waals surface area contributed by atoms with E-state index in [9.17, 15) is 8.76 Å². The van der Waals surface area contributed by atoms with Gasteiger partial charge in [0.2, 0.25) is 0 Å². The number of hydrogen-bond acceptors (Lipinski definition) is 2. The van der Waals surface area contributed by atoms with Crippen molar-refractivity contribution >= 4 is 11.1 Å². The van der Waals surface area contributed by atoms with Crippen molar-refractivity contribution in [3.63, 3.8) is 0 Å². The van der Waals surface area contributed by atoms with Gasteiger partial charge in [-0.05, 0) is 18.8 Å². The van der Waals surface area contributed by atoms with Crippen molar-refractivity contribution in [1.29, 1.82) is 0 Å². The zero-order valence-corrected chi connectivity index (χ0v) is 15.7. The average Bonchev–Trinajstić information content (AvgIpc) is 3.13. The van der Waals surface area contributed by atoms with Gasteiger partial charge in [0.05, 0.1) is 0 Å². The summed E-state index contributed by atoms with van der Waals surface area (Å²) < 4.78 is 36.1. The fourth-order valence-corrected chi connectivity index (χ4v) is 2.53. The van der Waals surface area contributed by atoms with Crippen LogP contribution in [0, 0.1) is 19.2 Å². The van der Waals surface area contributed by atoms with E-state index >= 15 is 0 Å². The Balaban J connectivity index is -0.000000149. The molecule has 0 saturated heterocycles. The van der Waals surface area contributed by atoms with E-state index in [0.29, 0.717) is 11.7 Å². The maximum atomic E-state index is 10.5. The summed E-state index contributed by atoms with van der Waals surface area (Å²) in [6, 6.07) is 10.0. The molecule has 1 unspecified atom stereocenters. The largest absolute Gasteiger partial charge is 0.214 e. The van der Waals surface area contributed by atoms with E-state index in [1.807, 2.05) is 30.3 Å². The van der Waals surface area contributed by atoms with E-state index in [1.165, 1.54) is 0 Å². The fourth-order valence-electron chi connectivity index (χ4n) is 1.81. The van der Waals surface area contributed by atoms with Crippen molar-refractivity contribution < 1.29 is 35.1 Å². The zero-order chi connectivity index (χ0) is 17.6. The van der Waals surface area contributed by atoms with Gasteiger partial charge in [0.1, 0.15) is 0 Å². The molecule has 6 heteroatoms. The Bertz CT molecular complexity index is 319. The summed E-state index contributed by atoms with van der Waals surface area (Å²) in [6.45, 7) is 13.3. The van der Waals surface area contributed by atoms with Crippen LogP contribution < -0.4 is 0 Å². The summed E-state index contributed by atoms with van der Waals surface area (Å²) >= 11 is -1.85. The molecule has 0 saturated carbocycles. The van der Waals surface area contributed by atoms with Crippen LogP contribution in [0.1, 0.15) is 52.4 Å².